The summed E-state index contributed by atoms with van der Waals surface area (Å²) in [7, 11) is 0. The van der Waals surface area contributed by atoms with E-state index >= 15 is 0 Å². The molecular formula is C16H18ClFN4O. The number of aromatic nitrogens is 2. The third kappa shape index (κ3) is 2.76. The summed E-state index contributed by atoms with van der Waals surface area (Å²) in [4.78, 5) is 2.34. The summed E-state index contributed by atoms with van der Waals surface area (Å²) in [5, 5.41) is 7.57. The number of hydrogen-bond acceptors (Lipinski definition) is 4. The largest absolute Gasteiger partial charge is 0.370 e. The Balaban J connectivity index is 1.46. The second-order valence-electron chi connectivity index (χ2n) is 6.25. The van der Waals surface area contributed by atoms with Crippen molar-refractivity contribution in [2.24, 2.45) is 5.73 Å². The van der Waals surface area contributed by atoms with Gasteiger partial charge in [-0.25, -0.2) is 4.39 Å². The maximum atomic E-state index is 13.5. The number of aromatic amines is 1. The van der Waals surface area contributed by atoms with Crippen LogP contribution in [-0.2, 0) is 17.8 Å². The second kappa shape index (κ2) is 5.87. The minimum atomic E-state index is -0.364. The molecule has 5 nitrogen and oxygen atoms in total. The van der Waals surface area contributed by atoms with Crippen LogP contribution in [-0.4, -0.2) is 33.8 Å². The molecule has 3 N–H and O–H groups in total. The van der Waals surface area contributed by atoms with Crippen molar-refractivity contribution in [1.82, 2.24) is 15.1 Å². The standard InChI is InChI=1S/C16H18ClFN4O/c17-13-2-1-10(18)3-12(13)16-14(19)4-11(8-23-16)22-6-9-5-20-21-15(9)7-22/h1-3,5,11,14,16H,4,6-8,19H2,(H,20,21)/t11-,14+,16-/m1/s1. The summed E-state index contributed by atoms with van der Waals surface area (Å²) >= 11 is 6.18. The topological polar surface area (TPSA) is 67.2 Å². The van der Waals surface area contributed by atoms with Crippen molar-refractivity contribution in [2.75, 3.05) is 6.61 Å². The highest BCUT2D eigenvalue weighted by Crippen LogP contribution is 2.35. The van der Waals surface area contributed by atoms with Crippen molar-refractivity contribution >= 4 is 11.6 Å². The van der Waals surface area contributed by atoms with Crippen LogP contribution < -0.4 is 5.73 Å². The number of nitrogens with one attached hydrogen (secondary N) is 1. The number of fused-ring (bicyclic) bond motifs is 1. The minimum Gasteiger partial charge on any atom is -0.370 e. The van der Waals surface area contributed by atoms with Crippen LogP contribution in [0.15, 0.2) is 24.4 Å². The zero-order valence-corrected chi connectivity index (χ0v) is 13.3. The lowest BCUT2D eigenvalue weighted by molar-refractivity contribution is -0.0519. The first-order valence-electron chi connectivity index (χ1n) is 7.69. The Morgan fingerprint density at radius 2 is 2.26 bits per heavy atom. The minimum absolute atomic E-state index is 0.217. The van der Waals surface area contributed by atoms with Gasteiger partial charge in [0, 0.05) is 41.3 Å². The van der Waals surface area contributed by atoms with Crippen molar-refractivity contribution in [3.05, 3.63) is 52.1 Å². The molecule has 3 atom stereocenters. The summed E-state index contributed by atoms with van der Waals surface area (Å²) in [6.07, 6.45) is 2.29. The fraction of sp³-hybridized carbons (Fsp3) is 0.438. The Labute approximate surface area is 138 Å². The number of nitrogens with zero attached hydrogens (tertiary/aromatic N) is 2. The Hall–Kier alpha value is -1.47. The highest BCUT2D eigenvalue weighted by Gasteiger charge is 2.36. The van der Waals surface area contributed by atoms with E-state index in [1.807, 2.05) is 6.20 Å². The van der Waals surface area contributed by atoms with Crippen LogP contribution in [0.3, 0.4) is 0 Å². The summed E-state index contributed by atoms with van der Waals surface area (Å²) < 4.78 is 19.5. The predicted octanol–water partition coefficient (Wildman–Crippen LogP) is 2.38. The number of H-pyrrole nitrogens is 1. The van der Waals surface area contributed by atoms with E-state index in [4.69, 9.17) is 22.1 Å². The zero-order chi connectivity index (χ0) is 16.0. The van der Waals surface area contributed by atoms with Crippen molar-refractivity contribution in [3.63, 3.8) is 0 Å². The predicted molar refractivity (Wildman–Crippen MR) is 84.3 cm³/mol. The maximum absolute atomic E-state index is 13.5. The molecule has 0 unspecified atom stereocenters. The van der Waals surface area contributed by atoms with Crippen molar-refractivity contribution in [1.29, 1.82) is 0 Å². The lowest BCUT2D eigenvalue weighted by atomic mass is 9.93. The molecule has 4 rings (SSSR count). The number of rotatable bonds is 2. The monoisotopic (exact) mass is 336 g/mol. The first-order chi connectivity index (χ1) is 11.1. The summed E-state index contributed by atoms with van der Waals surface area (Å²) in [5.41, 5.74) is 9.34. The highest BCUT2D eigenvalue weighted by molar-refractivity contribution is 6.31. The van der Waals surface area contributed by atoms with Crippen LogP contribution in [0, 0.1) is 5.82 Å². The third-order valence-corrected chi connectivity index (χ3v) is 5.07. The van der Waals surface area contributed by atoms with Crippen molar-refractivity contribution < 1.29 is 9.13 Å². The molecule has 0 bridgehead atoms. The van der Waals surface area contributed by atoms with Crippen LogP contribution >= 0.6 is 11.6 Å². The van der Waals surface area contributed by atoms with E-state index < -0.39 is 0 Å². The molecule has 1 fully saturated rings. The molecule has 0 radical (unpaired) electrons. The van der Waals surface area contributed by atoms with Crippen LogP contribution in [0.2, 0.25) is 5.02 Å². The van der Waals surface area contributed by atoms with Crippen molar-refractivity contribution in [3.8, 4) is 0 Å². The van der Waals surface area contributed by atoms with E-state index in [-0.39, 0.29) is 24.0 Å². The maximum Gasteiger partial charge on any atom is 0.123 e. The first-order valence-corrected chi connectivity index (χ1v) is 8.07. The van der Waals surface area contributed by atoms with Gasteiger partial charge in [-0.15, -0.1) is 0 Å². The molecule has 1 saturated heterocycles. The molecule has 2 aromatic rings. The van der Waals surface area contributed by atoms with Crippen LogP contribution in [0.1, 0.15) is 29.3 Å². The highest BCUT2D eigenvalue weighted by atomic mass is 35.5. The molecule has 0 amide bonds. The SMILES string of the molecule is N[C@H]1C[C@@H](N2Cc3cn[nH]c3C2)CO[C@@H]1c1cc(F)ccc1Cl. The Kier molecular flexibility index (Phi) is 3.85. The van der Waals surface area contributed by atoms with E-state index in [1.54, 1.807) is 6.07 Å². The Morgan fingerprint density at radius 1 is 1.39 bits per heavy atom. The molecule has 1 aromatic heterocycles. The molecule has 7 heteroatoms. The van der Waals surface area contributed by atoms with Gasteiger partial charge < -0.3 is 10.5 Å². The molecular weight excluding hydrogens is 319 g/mol. The number of hydrogen-bond donors (Lipinski definition) is 2. The van der Waals surface area contributed by atoms with E-state index in [0.717, 1.165) is 25.2 Å². The first kappa shape index (κ1) is 15.1. The second-order valence-corrected chi connectivity index (χ2v) is 6.66. The van der Waals surface area contributed by atoms with Crippen LogP contribution in [0.25, 0.3) is 0 Å². The fourth-order valence-corrected chi connectivity index (χ4v) is 3.72. The molecule has 0 spiro atoms. The third-order valence-electron chi connectivity index (χ3n) is 4.72. The van der Waals surface area contributed by atoms with Gasteiger partial charge in [0.25, 0.3) is 0 Å². The average molecular weight is 337 g/mol. The van der Waals surface area contributed by atoms with Gasteiger partial charge in [0.1, 0.15) is 5.82 Å². The van der Waals surface area contributed by atoms with Gasteiger partial charge in [0.2, 0.25) is 0 Å². The van der Waals surface area contributed by atoms with E-state index in [0.29, 0.717) is 17.2 Å². The van der Waals surface area contributed by atoms with Gasteiger partial charge in [0.15, 0.2) is 0 Å². The normalized spacial score (nSPS) is 28.0. The molecule has 2 aliphatic rings. The number of nitrogens with two attached hydrogens (primary N) is 1. The lowest BCUT2D eigenvalue weighted by Gasteiger charge is -2.38. The van der Waals surface area contributed by atoms with Gasteiger partial charge >= 0.3 is 0 Å². The molecule has 3 heterocycles. The van der Waals surface area contributed by atoms with E-state index in [9.17, 15) is 4.39 Å². The average Bonchev–Trinajstić information content (AvgIpc) is 3.11. The smallest absolute Gasteiger partial charge is 0.123 e. The summed E-state index contributed by atoms with van der Waals surface area (Å²) in [6, 6.07) is 4.34. The molecule has 122 valence electrons. The van der Waals surface area contributed by atoms with Crippen molar-refractivity contribution in [2.45, 2.75) is 37.7 Å². The number of benzene rings is 1. The quantitative estimate of drug-likeness (QED) is 0.883. The van der Waals surface area contributed by atoms with Gasteiger partial charge in [-0.2, -0.15) is 5.10 Å². The van der Waals surface area contributed by atoms with E-state index in [1.165, 1.54) is 17.7 Å². The molecule has 23 heavy (non-hydrogen) atoms. The number of ether oxygens (including phenoxy) is 1. The summed E-state index contributed by atoms with van der Waals surface area (Å²) in [6.45, 7) is 2.25. The van der Waals surface area contributed by atoms with E-state index in [2.05, 4.69) is 15.1 Å². The van der Waals surface area contributed by atoms with Gasteiger partial charge in [0.05, 0.1) is 24.6 Å². The van der Waals surface area contributed by atoms with Gasteiger partial charge in [-0.1, -0.05) is 11.6 Å². The van der Waals surface area contributed by atoms with Gasteiger partial charge in [-0.05, 0) is 24.6 Å². The lowest BCUT2D eigenvalue weighted by Crippen LogP contribution is -2.47. The van der Waals surface area contributed by atoms with Crippen LogP contribution in [0.5, 0.6) is 0 Å². The Morgan fingerprint density at radius 3 is 3.04 bits per heavy atom. The molecule has 1 aromatic carbocycles. The number of halogens is 2. The molecule has 0 aliphatic carbocycles. The Bertz CT molecular complexity index is 701. The van der Waals surface area contributed by atoms with Crippen LogP contribution in [0.4, 0.5) is 4.39 Å². The fourth-order valence-electron chi connectivity index (χ4n) is 3.50. The van der Waals surface area contributed by atoms with Gasteiger partial charge in [-0.3, -0.25) is 10.00 Å². The molecule has 0 saturated carbocycles. The molecule has 2 aliphatic heterocycles. The zero-order valence-electron chi connectivity index (χ0n) is 12.5. The summed E-state index contributed by atoms with van der Waals surface area (Å²) in [5.74, 6) is -0.326.